The first-order chi connectivity index (χ1) is 11.4. The second-order valence-electron chi connectivity index (χ2n) is 5.66. The van der Waals surface area contributed by atoms with Crippen molar-refractivity contribution < 1.29 is 22.6 Å². The summed E-state index contributed by atoms with van der Waals surface area (Å²) in [5.41, 5.74) is 2.65. The molecule has 0 saturated carbocycles. The Balaban J connectivity index is 0.00000225. The highest BCUT2D eigenvalue weighted by Crippen LogP contribution is 2.37. The molecule has 0 unspecified atom stereocenters. The lowest BCUT2D eigenvalue weighted by molar-refractivity contribution is -0.275. The van der Waals surface area contributed by atoms with Gasteiger partial charge in [-0.2, -0.15) is 0 Å². The highest BCUT2D eigenvalue weighted by atomic mass is 35.5. The van der Waals surface area contributed by atoms with E-state index in [0.29, 0.717) is 18.7 Å². The molecule has 3 nitrogen and oxygen atoms in total. The minimum atomic E-state index is -4.76. The number of nitrogens with one attached hydrogen (secondary N) is 1. The zero-order chi connectivity index (χ0) is 17.2. The summed E-state index contributed by atoms with van der Waals surface area (Å²) >= 11 is 0. The SMILES string of the molecule is CCc1ccc(-c2ccc(OC3CNC3)c(OC(F)(F)F)c2)cc1.Cl. The lowest BCUT2D eigenvalue weighted by atomic mass is 10.0. The fraction of sp³-hybridized carbons (Fsp3) is 0.333. The first-order valence-electron chi connectivity index (χ1n) is 7.81. The molecule has 1 N–H and O–H groups in total. The van der Waals surface area contributed by atoms with Gasteiger partial charge in [0, 0.05) is 13.1 Å². The van der Waals surface area contributed by atoms with E-state index in [1.807, 2.05) is 31.2 Å². The van der Waals surface area contributed by atoms with E-state index in [1.165, 1.54) is 17.7 Å². The van der Waals surface area contributed by atoms with Crippen LogP contribution in [0.1, 0.15) is 12.5 Å². The van der Waals surface area contributed by atoms with Crippen LogP contribution in [-0.2, 0) is 6.42 Å². The van der Waals surface area contributed by atoms with Crippen LogP contribution in [0.15, 0.2) is 42.5 Å². The molecule has 0 atom stereocenters. The first kappa shape index (κ1) is 19.4. The normalized spacial score (nSPS) is 14.4. The van der Waals surface area contributed by atoms with Crippen molar-refractivity contribution in [3.05, 3.63) is 48.0 Å². The lowest BCUT2D eigenvalue weighted by Gasteiger charge is -2.28. The van der Waals surface area contributed by atoms with Crippen LogP contribution in [0, 0.1) is 0 Å². The second kappa shape index (κ2) is 7.97. The van der Waals surface area contributed by atoms with E-state index in [2.05, 4.69) is 10.1 Å². The predicted octanol–water partition coefficient (Wildman–Crippen LogP) is 4.59. The Labute approximate surface area is 150 Å². The second-order valence-corrected chi connectivity index (χ2v) is 5.66. The van der Waals surface area contributed by atoms with E-state index >= 15 is 0 Å². The van der Waals surface area contributed by atoms with Crippen LogP contribution in [0.2, 0.25) is 0 Å². The highest BCUT2D eigenvalue weighted by molar-refractivity contribution is 5.85. The smallest absolute Gasteiger partial charge is 0.484 e. The van der Waals surface area contributed by atoms with Gasteiger partial charge in [0.15, 0.2) is 11.5 Å². The Bertz CT molecular complexity index is 700. The van der Waals surface area contributed by atoms with Gasteiger partial charge in [0.2, 0.25) is 0 Å². The number of benzene rings is 2. The van der Waals surface area contributed by atoms with Gasteiger partial charge in [0.1, 0.15) is 6.10 Å². The fourth-order valence-electron chi connectivity index (χ4n) is 2.45. The molecule has 136 valence electrons. The molecule has 1 aliphatic rings. The lowest BCUT2D eigenvalue weighted by Crippen LogP contribution is -2.50. The molecular formula is C18H19ClF3NO2. The summed E-state index contributed by atoms with van der Waals surface area (Å²) < 4.78 is 47.8. The Morgan fingerprint density at radius 2 is 1.64 bits per heavy atom. The van der Waals surface area contributed by atoms with Gasteiger partial charge in [-0.3, -0.25) is 0 Å². The minimum Gasteiger partial charge on any atom is -0.484 e. The zero-order valence-corrected chi connectivity index (χ0v) is 14.4. The maximum Gasteiger partial charge on any atom is 0.573 e. The molecule has 0 bridgehead atoms. The van der Waals surface area contributed by atoms with E-state index in [0.717, 1.165) is 12.0 Å². The molecule has 1 heterocycles. The van der Waals surface area contributed by atoms with Gasteiger partial charge in [-0.1, -0.05) is 37.3 Å². The summed E-state index contributed by atoms with van der Waals surface area (Å²) in [4.78, 5) is 0. The van der Waals surface area contributed by atoms with E-state index < -0.39 is 6.36 Å². The predicted molar refractivity (Wildman–Crippen MR) is 92.5 cm³/mol. The van der Waals surface area contributed by atoms with Crippen LogP contribution < -0.4 is 14.8 Å². The van der Waals surface area contributed by atoms with Gasteiger partial charge >= 0.3 is 6.36 Å². The third kappa shape index (κ3) is 5.03. The molecule has 1 saturated heterocycles. The minimum absolute atomic E-state index is 0. The Morgan fingerprint density at radius 3 is 2.16 bits per heavy atom. The summed E-state index contributed by atoms with van der Waals surface area (Å²) in [6, 6.07) is 12.3. The van der Waals surface area contributed by atoms with Gasteiger partial charge < -0.3 is 14.8 Å². The van der Waals surface area contributed by atoms with Crippen LogP contribution >= 0.6 is 12.4 Å². The first-order valence-corrected chi connectivity index (χ1v) is 7.81. The highest BCUT2D eigenvalue weighted by Gasteiger charge is 2.33. The molecule has 0 aliphatic carbocycles. The van der Waals surface area contributed by atoms with Gasteiger partial charge in [-0.05, 0) is 35.2 Å². The molecule has 3 rings (SSSR count). The molecule has 2 aromatic carbocycles. The molecule has 0 spiro atoms. The maximum atomic E-state index is 12.7. The van der Waals surface area contributed by atoms with Crippen LogP contribution in [0.4, 0.5) is 13.2 Å². The maximum absolute atomic E-state index is 12.7. The van der Waals surface area contributed by atoms with E-state index in [1.54, 1.807) is 6.07 Å². The Hall–Kier alpha value is -1.92. The monoisotopic (exact) mass is 373 g/mol. The molecule has 7 heteroatoms. The molecule has 1 fully saturated rings. The molecule has 0 amide bonds. The molecule has 0 aromatic heterocycles. The molecule has 1 aliphatic heterocycles. The molecule has 0 radical (unpaired) electrons. The standard InChI is InChI=1S/C18H18F3NO2.ClH/c1-2-12-3-5-13(6-4-12)14-7-8-16(23-15-10-22-11-15)17(9-14)24-18(19,20)21;/h3-9,15,22H,2,10-11H2,1H3;1H. The topological polar surface area (TPSA) is 30.5 Å². The van der Waals surface area contributed by atoms with Crippen molar-refractivity contribution in [3.63, 3.8) is 0 Å². The van der Waals surface area contributed by atoms with Crippen molar-refractivity contribution in [1.29, 1.82) is 0 Å². The molecule has 2 aromatic rings. The van der Waals surface area contributed by atoms with Gasteiger partial charge in [-0.15, -0.1) is 25.6 Å². The summed E-state index contributed by atoms with van der Waals surface area (Å²) in [5, 5.41) is 3.01. The van der Waals surface area contributed by atoms with E-state index in [-0.39, 0.29) is 30.0 Å². The Kier molecular flexibility index (Phi) is 6.19. The van der Waals surface area contributed by atoms with Gasteiger partial charge in [0.25, 0.3) is 0 Å². The van der Waals surface area contributed by atoms with Gasteiger partial charge in [0.05, 0.1) is 0 Å². The van der Waals surface area contributed by atoms with Crippen molar-refractivity contribution in [2.24, 2.45) is 0 Å². The van der Waals surface area contributed by atoms with Crippen molar-refractivity contribution in [1.82, 2.24) is 5.32 Å². The number of ether oxygens (including phenoxy) is 2. The largest absolute Gasteiger partial charge is 0.573 e. The van der Waals surface area contributed by atoms with Crippen LogP contribution in [0.3, 0.4) is 0 Å². The van der Waals surface area contributed by atoms with Crippen LogP contribution in [-0.4, -0.2) is 25.6 Å². The van der Waals surface area contributed by atoms with Crippen molar-refractivity contribution in [3.8, 4) is 22.6 Å². The Morgan fingerprint density at radius 1 is 1.00 bits per heavy atom. The van der Waals surface area contributed by atoms with E-state index in [4.69, 9.17) is 4.74 Å². The number of aryl methyl sites for hydroxylation is 1. The van der Waals surface area contributed by atoms with Crippen molar-refractivity contribution >= 4 is 12.4 Å². The fourth-order valence-corrected chi connectivity index (χ4v) is 2.45. The van der Waals surface area contributed by atoms with Crippen LogP contribution in [0.25, 0.3) is 11.1 Å². The number of hydrogen-bond donors (Lipinski definition) is 1. The summed E-state index contributed by atoms with van der Waals surface area (Å²) in [6.07, 6.45) is -3.98. The number of alkyl halides is 3. The number of halogens is 4. The summed E-state index contributed by atoms with van der Waals surface area (Å²) in [7, 11) is 0. The number of hydrogen-bond acceptors (Lipinski definition) is 3. The average molecular weight is 374 g/mol. The average Bonchev–Trinajstić information content (AvgIpc) is 2.50. The van der Waals surface area contributed by atoms with Gasteiger partial charge in [-0.25, -0.2) is 0 Å². The zero-order valence-electron chi connectivity index (χ0n) is 13.6. The summed E-state index contributed by atoms with van der Waals surface area (Å²) in [6.45, 7) is 3.28. The molecular weight excluding hydrogens is 355 g/mol. The van der Waals surface area contributed by atoms with Crippen molar-refractivity contribution in [2.45, 2.75) is 25.8 Å². The van der Waals surface area contributed by atoms with Crippen LogP contribution in [0.5, 0.6) is 11.5 Å². The summed E-state index contributed by atoms with van der Waals surface area (Å²) in [5.74, 6) is -0.209. The third-order valence-corrected chi connectivity index (χ3v) is 3.90. The van der Waals surface area contributed by atoms with E-state index in [9.17, 15) is 13.2 Å². The quantitative estimate of drug-likeness (QED) is 0.831. The number of rotatable bonds is 5. The third-order valence-electron chi connectivity index (χ3n) is 3.90. The van der Waals surface area contributed by atoms with Crippen molar-refractivity contribution in [2.75, 3.05) is 13.1 Å². The molecule has 25 heavy (non-hydrogen) atoms.